The summed E-state index contributed by atoms with van der Waals surface area (Å²) in [7, 11) is 0. The lowest BCUT2D eigenvalue weighted by molar-refractivity contribution is -0.117. The number of anilines is 2. The summed E-state index contributed by atoms with van der Waals surface area (Å²) in [6.45, 7) is 4.22. The summed E-state index contributed by atoms with van der Waals surface area (Å²) in [5.74, 6) is -0.0171. The zero-order valence-corrected chi connectivity index (χ0v) is 15.1. The van der Waals surface area contributed by atoms with Crippen molar-refractivity contribution in [2.45, 2.75) is 45.7 Å². The molecule has 1 atom stereocenters. The Bertz CT molecular complexity index is 871. The Labute approximate surface area is 152 Å². The maximum atomic E-state index is 12.2. The number of nitrogens with zero attached hydrogens (tertiary/aromatic N) is 2. The molecule has 1 unspecified atom stereocenters. The normalized spacial score (nSPS) is 16.8. The van der Waals surface area contributed by atoms with Gasteiger partial charge in [0.2, 0.25) is 11.8 Å². The summed E-state index contributed by atoms with van der Waals surface area (Å²) in [5.41, 5.74) is 2.25. The van der Waals surface area contributed by atoms with Crippen molar-refractivity contribution in [3.8, 4) is 0 Å². The van der Waals surface area contributed by atoms with Gasteiger partial charge in [0.15, 0.2) is 0 Å². The molecule has 6 heteroatoms. The zero-order valence-electron chi connectivity index (χ0n) is 15.1. The van der Waals surface area contributed by atoms with Crippen LogP contribution >= 0.6 is 0 Å². The maximum Gasteiger partial charge on any atom is 0.250 e. The van der Waals surface area contributed by atoms with Gasteiger partial charge in [-0.3, -0.25) is 14.4 Å². The highest BCUT2D eigenvalue weighted by Crippen LogP contribution is 2.27. The smallest absolute Gasteiger partial charge is 0.250 e. The minimum atomic E-state index is -0.154. The van der Waals surface area contributed by atoms with Gasteiger partial charge in [0.25, 0.3) is 5.56 Å². The number of nitrogens with one attached hydrogen (secondary N) is 1. The summed E-state index contributed by atoms with van der Waals surface area (Å²) in [6, 6.07) is 12.5. The molecule has 3 rings (SSSR count). The monoisotopic (exact) mass is 353 g/mol. The van der Waals surface area contributed by atoms with Gasteiger partial charge in [0, 0.05) is 48.6 Å². The molecule has 26 heavy (non-hydrogen) atoms. The number of hydrogen-bond donors (Lipinski definition) is 1. The number of rotatable bonds is 5. The lowest BCUT2D eigenvalue weighted by Gasteiger charge is -2.22. The molecule has 1 aromatic heterocycles. The van der Waals surface area contributed by atoms with Gasteiger partial charge in [0.1, 0.15) is 0 Å². The predicted molar refractivity (Wildman–Crippen MR) is 101 cm³/mol. The van der Waals surface area contributed by atoms with Crippen LogP contribution in [0.5, 0.6) is 0 Å². The number of hydrogen-bond acceptors (Lipinski definition) is 3. The standard InChI is InChI=1S/C20H23N3O3/c1-14-4-3-5-19(25)22(14)13-12-18(24)21-16-7-9-17(10-8-16)23-15(2)6-11-20(23)26/h3-5,7-10,15H,6,11-13H2,1-2H3,(H,21,24). The van der Waals surface area contributed by atoms with Gasteiger partial charge >= 0.3 is 0 Å². The molecule has 1 N–H and O–H groups in total. The fourth-order valence-electron chi connectivity index (χ4n) is 3.28. The molecule has 1 saturated heterocycles. The van der Waals surface area contributed by atoms with Crippen molar-refractivity contribution in [3.05, 3.63) is 58.5 Å². The van der Waals surface area contributed by atoms with Gasteiger partial charge in [-0.05, 0) is 50.6 Å². The van der Waals surface area contributed by atoms with Crippen LogP contribution in [0.4, 0.5) is 11.4 Å². The number of carbonyl (C=O) groups is 2. The van der Waals surface area contributed by atoms with Crippen molar-refractivity contribution in [2.24, 2.45) is 0 Å². The Morgan fingerprint density at radius 2 is 1.88 bits per heavy atom. The highest BCUT2D eigenvalue weighted by molar-refractivity contribution is 5.96. The van der Waals surface area contributed by atoms with E-state index in [2.05, 4.69) is 5.32 Å². The van der Waals surface area contributed by atoms with Crippen LogP contribution < -0.4 is 15.8 Å². The number of aryl methyl sites for hydroxylation is 1. The van der Waals surface area contributed by atoms with Gasteiger partial charge in [-0.15, -0.1) is 0 Å². The van der Waals surface area contributed by atoms with E-state index in [0.29, 0.717) is 18.7 Å². The predicted octanol–water partition coefficient (Wildman–Crippen LogP) is 2.70. The Balaban J connectivity index is 1.60. The van der Waals surface area contributed by atoms with Crippen molar-refractivity contribution >= 4 is 23.2 Å². The molecule has 0 saturated carbocycles. The molecular formula is C20H23N3O3. The van der Waals surface area contributed by atoms with Crippen LogP contribution in [0.3, 0.4) is 0 Å². The Kier molecular flexibility index (Phi) is 5.21. The second-order valence-electron chi connectivity index (χ2n) is 6.65. The largest absolute Gasteiger partial charge is 0.326 e. The Hall–Kier alpha value is -2.89. The van der Waals surface area contributed by atoms with Gasteiger partial charge in [-0.1, -0.05) is 6.07 Å². The summed E-state index contributed by atoms with van der Waals surface area (Å²) in [6.07, 6.45) is 1.67. The lowest BCUT2D eigenvalue weighted by atomic mass is 10.2. The average Bonchev–Trinajstić information content (AvgIpc) is 2.94. The molecule has 1 aromatic carbocycles. The molecule has 2 amide bonds. The molecule has 1 fully saturated rings. The van der Waals surface area contributed by atoms with Crippen LogP contribution in [0.2, 0.25) is 0 Å². The first-order valence-electron chi connectivity index (χ1n) is 8.84. The molecule has 0 radical (unpaired) electrons. The molecule has 0 bridgehead atoms. The van der Waals surface area contributed by atoms with Gasteiger partial charge in [-0.2, -0.15) is 0 Å². The third kappa shape index (κ3) is 3.85. The lowest BCUT2D eigenvalue weighted by Crippen LogP contribution is -2.30. The van der Waals surface area contributed by atoms with Crippen molar-refractivity contribution in [2.75, 3.05) is 10.2 Å². The molecule has 0 spiro atoms. The van der Waals surface area contributed by atoms with Crippen LogP contribution in [0, 0.1) is 6.92 Å². The summed E-state index contributed by atoms with van der Waals surface area (Å²) in [4.78, 5) is 37.7. The van der Waals surface area contributed by atoms with Gasteiger partial charge in [0.05, 0.1) is 0 Å². The molecule has 0 aliphatic carbocycles. The van der Waals surface area contributed by atoms with E-state index in [1.165, 1.54) is 6.07 Å². The Morgan fingerprint density at radius 3 is 2.50 bits per heavy atom. The minimum Gasteiger partial charge on any atom is -0.326 e. The first kappa shape index (κ1) is 17.9. The van der Waals surface area contributed by atoms with Crippen LogP contribution in [-0.2, 0) is 16.1 Å². The summed E-state index contributed by atoms with van der Waals surface area (Å²) in [5, 5.41) is 2.83. The van der Waals surface area contributed by atoms with E-state index >= 15 is 0 Å². The summed E-state index contributed by atoms with van der Waals surface area (Å²) < 4.78 is 1.59. The fourth-order valence-corrected chi connectivity index (χ4v) is 3.28. The average molecular weight is 353 g/mol. The van der Waals surface area contributed by atoms with Crippen LogP contribution in [-0.4, -0.2) is 22.4 Å². The second-order valence-corrected chi connectivity index (χ2v) is 6.65. The minimum absolute atomic E-state index is 0.105. The number of amides is 2. The van der Waals surface area contributed by atoms with Crippen molar-refractivity contribution in [3.63, 3.8) is 0 Å². The third-order valence-electron chi connectivity index (χ3n) is 4.75. The van der Waals surface area contributed by atoms with Crippen LogP contribution in [0.1, 0.15) is 31.9 Å². The van der Waals surface area contributed by atoms with E-state index in [-0.39, 0.29) is 29.8 Å². The molecule has 2 aromatic rings. The molecular weight excluding hydrogens is 330 g/mol. The highest BCUT2D eigenvalue weighted by Gasteiger charge is 2.28. The summed E-state index contributed by atoms with van der Waals surface area (Å²) >= 11 is 0. The molecule has 6 nitrogen and oxygen atoms in total. The van der Waals surface area contributed by atoms with E-state index in [1.54, 1.807) is 27.7 Å². The van der Waals surface area contributed by atoms with Crippen LogP contribution in [0.15, 0.2) is 47.3 Å². The topological polar surface area (TPSA) is 71.4 Å². The van der Waals surface area contributed by atoms with E-state index in [1.807, 2.05) is 32.0 Å². The van der Waals surface area contributed by atoms with Crippen molar-refractivity contribution in [1.29, 1.82) is 0 Å². The SMILES string of the molecule is Cc1cccc(=O)n1CCC(=O)Nc1ccc(N2C(=O)CCC2C)cc1. The number of pyridine rings is 1. The number of aromatic nitrogens is 1. The first-order chi connectivity index (χ1) is 12.5. The number of benzene rings is 1. The quantitative estimate of drug-likeness (QED) is 0.898. The maximum absolute atomic E-state index is 12.2. The van der Waals surface area contributed by atoms with E-state index in [0.717, 1.165) is 17.8 Å². The van der Waals surface area contributed by atoms with Crippen molar-refractivity contribution in [1.82, 2.24) is 4.57 Å². The molecule has 2 heterocycles. The number of carbonyl (C=O) groups excluding carboxylic acids is 2. The third-order valence-corrected chi connectivity index (χ3v) is 4.75. The zero-order chi connectivity index (χ0) is 18.7. The Morgan fingerprint density at radius 1 is 1.15 bits per heavy atom. The van der Waals surface area contributed by atoms with E-state index in [9.17, 15) is 14.4 Å². The van der Waals surface area contributed by atoms with E-state index < -0.39 is 0 Å². The van der Waals surface area contributed by atoms with E-state index in [4.69, 9.17) is 0 Å². The van der Waals surface area contributed by atoms with Gasteiger partial charge in [-0.25, -0.2) is 0 Å². The van der Waals surface area contributed by atoms with Crippen LogP contribution in [0.25, 0.3) is 0 Å². The van der Waals surface area contributed by atoms with Gasteiger partial charge < -0.3 is 14.8 Å². The van der Waals surface area contributed by atoms with Crippen molar-refractivity contribution < 1.29 is 9.59 Å². The highest BCUT2D eigenvalue weighted by atomic mass is 16.2. The molecule has 1 aliphatic heterocycles. The first-order valence-corrected chi connectivity index (χ1v) is 8.84. The second kappa shape index (κ2) is 7.56. The molecule has 1 aliphatic rings. The fraction of sp³-hybridized carbons (Fsp3) is 0.350. The molecule has 136 valence electrons.